The number of rotatable bonds is 4. The van der Waals surface area contributed by atoms with Gasteiger partial charge in [-0.3, -0.25) is 9.98 Å². The monoisotopic (exact) mass is 395 g/mol. The molecule has 1 aliphatic heterocycles. The Balaban J connectivity index is 1.59. The maximum atomic E-state index is 14.3. The van der Waals surface area contributed by atoms with E-state index in [1.165, 1.54) is 0 Å². The third-order valence-corrected chi connectivity index (χ3v) is 5.15. The van der Waals surface area contributed by atoms with Crippen molar-refractivity contribution in [1.82, 2.24) is 24.5 Å². The topological polar surface area (TPSA) is 70.7 Å². The van der Waals surface area contributed by atoms with Gasteiger partial charge in [-0.1, -0.05) is 0 Å². The molecule has 0 spiro atoms. The molecule has 1 saturated heterocycles. The molecule has 152 valence electrons. The molecule has 0 saturated carbocycles. The van der Waals surface area contributed by atoms with Crippen LogP contribution in [0.25, 0.3) is 16.8 Å². The number of halogens is 1. The van der Waals surface area contributed by atoms with Gasteiger partial charge in [-0.15, -0.1) is 5.10 Å². The number of hydrogen-bond acceptors (Lipinski definition) is 6. The van der Waals surface area contributed by atoms with Crippen LogP contribution in [0.1, 0.15) is 26.0 Å². The van der Waals surface area contributed by atoms with Gasteiger partial charge in [0.25, 0.3) is 0 Å². The van der Waals surface area contributed by atoms with Crippen LogP contribution in [0.5, 0.6) is 0 Å². The largest absolute Gasteiger partial charge is 0.347 e. The predicted octanol–water partition coefficient (Wildman–Crippen LogP) is 3.67. The molecule has 0 aliphatic carbocycles. The van der Waals surface area contributed by atoms with Crippen LogP contribution < -0.4 is 5.32 Å². The average Bonchev–Trinajstić information content (AvgIpc) is 3.08. The Labute approximate surface area is 169 Å². The van der Waals surface area contributed by atoms with Crippen molar-refractivity contribution < 1.29 is 4.39 Å². The number of alkyl halides is 1. The lowest BCUT2D eigenvalue weighted by Crippen LogP contribution is -2.46. The number of hydrogen-bond donors (Lipinski definition) is 1. The predicted molar refractivity (Wildman–Crippen MR) is 114 cm³/mol. The zero-order valence-electron chi connectivity index (χ0n) is 17.2. The Morgan fingerprint density at radius 3 is 2.83 bits per heavy atom. The summed E-state index contributed by atoms with van der Waals surface area (Å²) in [7, 11) is 1.94. The number of likely N-dealkylation sites (tertiary alicyclic amines) is 1. The van der Waals surface area contributed by atoms with Crippen molar-refractivity contribution in [2.45, 2.75) is 39.4 Å². The Kier molecular flexibility index (Phi) is 5.27. The summed E-state index contributed by atoms with van der Waals surface area (Å²) < 4.78 is 16.0. The first-order valence-electron chi connectivity index (χ1n) is 9.84. The zero-order valence-corrected chi connectivity index (χ0v) is 17.2. The van der Waals surface area contributed by atoms with Crippen LogP contribution >= 0.6 is 0 Å². The second-order valence-corrected chi connectivity index (χ2v) is 7.82. The summed E-state index contributed by atoms with van der Waals surface area (Å²) in [6, 6.07) is 5.64. The fraction of sp³-hybridized carbons (Fsp3) is 0.429. The summed E-state index contributed by atoms with van der Waals surface area (Å²) in [6.45, 7) is 7.17. The highest BCUT2D eigenvalue weighted by molar-refractivity contribution is 5.83. The summed E-state index contributed by atoms with van der Waals surface area (Å²) in [6.07, 6.45) is 3.42. The second kappa shape index (κ2) is 7.87. The van der Waals surface area contributed by atoms with Crippen molar-refractivity contribution in [2.75, 3.05) is 25.5 Å². The minimum atomic E-state index is -0.937. The quantitative estimate of drug-likeness (QED) is 0.683. The van der Waals surface area contributed by atoms with Crippen LogP contribution in [0.2, 0.25) is 0 Å². The molecule has 1 aliphatic rings. The van der Waals surface area contributed by atoms with Crippen LogP contribution in [-0.2, 0) is 0 Å². The third-order valence-electron chi connectivity index (χ3n) is 5.15. The first-order valence-corrected chi connectivity index (χ1v) is 9.84. The molecule has 4 rings (SSSR count). The summed E-state index contributed by atoms with van der Waals surface area (Å²) >= 11 is 0. The standard InChI is InChI=1S/C21H26FN7/c1-13(2)24-17-5-6-18(25-14(17)3)15-7-10-29-20(15)11-23-21(27-29)26-19-8-9-28(4)12-16(19)22/h5-7,10-11,16,19H,8-9,12H2,1-4H3,(H,26,27)/t16-,19?/m0/s1. The Morgan fingerprint density at radius 1 is 1.28 bits per heavy atom. The number of nitrogens with one attached hydrogen (secondary N) is 1. The molecule has 1 fully saturated rings. The van der Waals surface area contributed by atoms with Gasteiger partial charge in [0.1, 0.15) is 6.17 Å². The van der Waals surface area contributed by atoms with E-state index in [1.54, 1.807) is 10.7 Å². The number of pyridine rings is 1. The fourth-order valence-electron chi connectivity index (χ4n) is 3.63. The number of anilines is 1. The van der Waals surface area contributed by atoms with Gasteiger partial charge in [-0.05, 0) is 52.4 Å². The second-order valence-electron chi connectivity index (χ2n) is 7.82. The van der Waals surface area contributed by atoms with Crippen LogP contribution in [0, 0.1) is 6.92 Å². The molecule has 2 atom stereocenters. The van der Waals surface area contributed by atoms with Crippen LogP contribution in [0.3, 0.4) is 0 Å². The van der Waals surface area contributed by atoms with Gasteiger partial charge in [-0.25, -0.2) is 13.9 Å². The number of aromatic nitrogens is 4. The number of nitrogens with zero attached hydrogens (tertiary/aromatic N) is 6. The average molecular weight is 395 g/mol. The van der Waals surface area contributed by atoms with E-state index < -0.39 is 6.17 Å². The summed E-state index contributed by atoms with van der Waals surface area (Å²) in [5.41, 5.74) is 5.39. The van der Waals surface area contributed by atoms with E-state index in [0.29, 0.717) is 12.5 Å². The zero-order chi connectivity index (χ0) is 20.5. The van der Waals surface area contributed by atoms with Gasteiger partial charge >= 0.3 is 0 Å². The minimum absolute atomic E-state index is 0.266. The lowest BCUT2D eigenvalue weighted by molar-refractivity contribution is 0.149. The van der Waals surface area contributed by atoms with Gasteiger partial charge in [0.05, 0.1) is 34.8 Å². The van der Waals surface area contributed by atoms with E-state index in [9.17, 15) is 4.39 Å². The van der Waals surface area contributed by atoms with Crippen molar-refractivity contribution in [3.63, 3.8) is 0 Å². The van der Waals surface area contributed by atoms with E-state index in [1.807, 2.05) is 57.1 Å². The van der Waals surface area contributed by atoms with Crippen molar-refractivity contribution in [3.05, 3.63) is 36.3 Å². The molecule has 29 heavy (non-hydrogen) atoms. The van der Waals surface area contributed by atoms with E-state index in [4.69, 9.17) is 4.98 Å². The smallest absolute Gasteiger partial charge is 0.241 e. The van der Waals surface area contributed by atoms with Gasteiger partial charge in [-0.2, -0.15) is 0 Å². The third kappa shape index (κ3) is 4.12. The van der Waals surface area contributed by atoms with Crippen molar-refractivity contribution in [2.24, 2.45) is 4.99 Å². The van der Waals surface area contributed by atoms with Gasteiger partial charge in [0.2, 0.25) is 5.95 Å². The molecule has 7 nitrogen and oxygen atoms in total. The lowest BCUT2D eigenvalue weighted by Gasteiger charge is -2.32. The molecule has 3 aromatic heterocycles. The molecule has 3 aromatic rings. The summed E-state index contributed by atoms with van der Waals surface area (Å²) in [4.78, 5) is 15.6. The number of fused-ring (bicyclic) bond motifs is 1. The van der Waals surface area contributed by atoms with E-state index in [0.717, 1.165) is 46.8 Å². The number of aryl methyl sites for hydroxylation is 1. The molecule has 0 amide bonds. The van der Waals surface area contributed by atoms with Gasteiger partial charge < -0.3 is 10.2 Å². The SMILES string of the molecule is CC(C)=Nc1ccc(-c2ccn3nc(NC4CCN(C)C[C@@H]4F)ncc23)nc1C. The van der Waals surface area contributed by atoms with E-state index >= 15 is 0 Å². The van der Waals surface area contributed by atoms with Crippen molar-refractivity contribution >= 4 is 22.9 Å². The minimum Gasteiger partial charge on any atom is -0.347 e. The highest BCUT2D eigenvalue weighted by Crippen LogP contribution is 2.27. The van der Waals surface area contributed by atoms with Gasteiger partial charge in [0, 0.05) is 30.6 Å². The Bertz CT molecular complexity index is 1050. The highest BCUT2D eigenvalue weighted by Gasteiger charge is 2.28. The van der Waals surface area contributed by atoms with Crippen molar-refractivity contribution in [1.29, 1.82) is 0 Å². The molecule has 4 heterocycles. The molecule has 8 heteroatoms. The first kappa shape index (κ1) is 19.4. The highest BCUT2D eigenvalue weighted by atomic mass is 19.1. The summed E-state index contributed by atoms with van der Waals surface area (Å²) in [5, 5.41) is 7.66. The molecule has 1 unspecified atom stereocenters. The van der Waals surface area contributed by atoms with Crippen LogP contribution in [0.15, 0.2) is 35.6 Å². The normalized spacial score (nSPS) is 20.0. The molecule has 1 N–H and O–H groups in total. The summed E-state index contributed by atoms with van der Waals surface area (Å²) in [5.74, 6) is 0.434. The Hall–Kier alpha value is -2.87. The van der Waals surface area contributed by atoms with E-state index in [2.05, 4.69) is 20.4 Å². The van der Waals surface area contributed by atoms with Crippen LogP contribution in [-0.4, -0.2) is 62.5 Å². The maximum absolute atomic E-state index is 14.3. The van der Waals surface area contributed by atoms with E-state index in [-0.39, 0.29) is 6.04 Å². The van der Waals surface area contributed by atoms with Gasteiger partial charge in [0.15, 0.2) is 0 Å². The van der Waals surface area contributed by atoms with Crippen molar-refractivity contribution in [3.8, 4) is 11.3 Å². The maximum Gasteiger partial charge on any atom is 0.241 e. The molecular formula is C21H26FN7. The fourth-order valence-corrected chi connectivity index (χ4v) is 3.63. The van der Waals surface area contributed by atoms with Crippen LogP contribution in [0.4, 0.5) is 16.0 Å². The molecular weight excluding hydrogens is 369 g/mol. The first-order chi connectivity index (χ1) is 13.9. The molecule has 0 radical (unpaired) electrons. The molecule has 0 bridgehead atoms. The number of piperidine rings is 1. The molecule has 0 aromatic carbocycles. The Morgan fingerprint density at radius 2 is 2.10 bits per heavy atom. The lowest BCUT2D eigenvalue weighted by atomic mass is 10.0. The number of aliphatic imine (C=N–C) groups is 1.